The van der Waals surface area contributed by atoms with Crippen molar-refractivity contribution >= 4 is 5.97 Å². The monoisotopic (exact) mass is 236 g/mol. The van der Waals surface area contributed by atoms with E-state index in [0.717, 1.165) is 12.8 Å². The van der Waals surface area contributed by atoms with Crippen molar-refractivity contribution in [3.05, 3.63) is 24.3 Å². The third kappa shape index (κ3) is 3.20. The molecule has 2 rings (SSSR count). The Kier molecular flexibility index (Phi) is 3.98. The number of rotatable bonds is 3. The number of ether oxygens (including phenoxy) is 3. The highest BCUT2D eigenvalue weighted by molar-refractivity contribution is 5.75. The Morgan fingerprint density at radius 1 is 1.29 bits per heavy atom. The molecule has 92 valence electrons. The zero-order valence-corrected chi connectivity index (χ0v) is 9.85. The molecular weight excluding hydrogens is 220 g/mol. The van der Waals surface area contributed by atoms with Gasteiger partial charge in [-0.25, -0.2) is 0 Å². The average molecular weight is 236 g/mol. The van der Waals surface area contributed by atoms with Gasteiger partial charge in [0.15, 0.2) is 0 Å². The predicted octanol–water partition coefficient (Wildman–Crippen LogP) is 2.03. The maximum atomic E-state index is 11.8. The highest BCUT2D eigenvalue weighted by Gasteiger charge is 2.23. The van der Waals surface area contributed by atoms with Crippen LogP contribution in [0.2, 0.25) is 0 Å². The molecule has 0 N–H and O–H groups in total. The smallest absolute Gasteiger partial charge is 0.314 e. The lowest BCUT2D eigenvalue weighted by Crippen LogP contribution is -2.27. The van der Waals surface area contributed by atoms with Crippen LogP contribution in [0.4, 0.5) is 0 Å². The summed E-state index contributed by atoms with van der Waals surface area (Å²) in [6, 6.07) is 7.06. The van der Waals surface area contributed by atoms with E-state index in [-0.39, 0.29) is 11.9 Å². The van der Waals surface area contributed by atoms with E-state index in [1.165, 1.54) is 0 Å². The second-order valence-electron chi connectivity index (χ2n) is 3.99. The van der Waals surface area contributed by atoms with E-state index in [4.69, 9.17) is 14.2 Å². The molecule has 0 atom stereocenters. The SMILES string of the molecule is COc1cccc(OC(=O)C2CCOCC2)c1. The highest BCUT2D eigenvalue weighted by Crippen LogP contribution is 2.22. The van der Waals surface area contributed by atoms with Gasteiger partial charge < -0.3 is 14.2 Å². The van der Waals surface area contributed by atoms with Crippen LogP contribution in [0, 0.1) is 5.92 Å². The molecule has 0 radical (unpaired) electrons. The quantitative estimate of drug-likeness (QED) is 0.595. The van der Waals surface area contributed by atoms with Gasteiger partial charge in [0, 0.05) is 19.3 Å². The lowest BCUT2D eigenvalue weighted by atomic mass is 10.0. The van der Waals surface area contributed by atoms with E-state index < -0.39 is 0 Å². The van der Waals surface area contributed by atoms with E-state index in [1.807, 2.05) is 6.07 Å². The molecule has 1 saturated heterocycles. The van der Waals surface area contributed by atoms with Crippen molar-refractivity contribution in [3.8, 4) is 11.5 Å². The molecule has 1 aliphatic rings. The standard InChI is InChI=1S/C13H16O4/c1-15-11-3-2-4-12(9-11)17-13(14)10-5-7-16-8-6-10/h2-4,9-10H,5-8H2,1H3. The summed E-state index contributed by atoms with van der Waals surface area (Å²) < 4.78 is 15.6. The number of methoxy groups -OCH3 is 1. The van der Waals surface area contributed by atoms with Crippen LogP contribution in [0.15, 0.2) is 24.3 Å². The normalized spacial score (nSPS) is 16.5. The minimum Gasteiger partial charge on any atom is -0.497 e. The average Bonchev–Trinajstić information content (AvgIpc) is 2.40. The van der Waals surface area contributed by atoms with Crippen LogP contribution in [0.25, 0.3) is 0 Å². The molecule has 0 amide bonds. The van der Waals surface area contributed by atoms with Crippen molar-refractivity contribution in [1.29, 1.82) is 0 Å². The van der Waals surface area contributed by atoms with Gasteiger partial charge in [-0.05, 0) is 25.0 Å². The summed E-state index contributed by atoms with van der Waals surface area (Å²) in [5.74, 6) is 0.986. The fraction of sp³-hybridized carbons (Fsp3) is 0.462. The largest absolute Gasteiger partial charge is 0.497 e. The molecule has 0 saturated carbocycles. The van der Waals surface area contributed by atoms with Gasteiger partial charge in [-0.15, -0.1) is 0 Å². The summed E-state index contributed by atoms with van der Waals surface area (Å²) in [5.41, 5.74) is 0. The molecule has 0 unspecified atom stereocenters. The number of benzene rings is 1. The van der Waals surface area contributed by atoms with E-state index >= 15 is 0 Å². The highest BCUT2D eigenvalue weighted by atomic mass is 16.5. The van der Waals surface area contributed by atoms with Gasteiger partial charge in [-0.2, -0.15) is 0 Å². The van der Waals surface area contributed by atoms with Gasteiger partial charge in [-0.1, -0.05) is 6.07 Å². The van der Waals surface area contributed by atoms with Gasteiger partial charge >= 0.3 is 5.97 Å². The fourth-order valence-electron chi connectivity index (χ4n) is 1.80. The first-order chi connectivity index (χ1) is 8.29. The molecular formula is C13H16O4. The van der Waals surface area contributed by atoms with Crippen molar-refractivity contribution in [2.45, 2.75) is 12.8 Å². The Balaban J connectivity index is 1.96. The molecule has 4 heteroatoms. The number of carbonyl (C=O) groups is 1. The van der Waals surface area contributed by atoms with Gasteiger partial charge in [0.1, 0.15) is 11.5 Å². The number of hydrogen-bond donors (Lipinski definition) is 0. The first kappa shape index (κ1) is 11.9. The van der Waals surface area contributed by atoms with E-state index in [2.05, 4.69) is 0 Å². The molecule has 17 heavy (non-hydrogen) atoms. The molecule has 1 fully saturated rings. The molecule has 1 heterocycles. The summed E-state index contributed by atoms with van der Waals surface area (Å²) in [6.45, 7) is 1.27. The van der Waals surface area contributed by atoms with Gasteiger partial charge in [0.2, 0.25) is 0 Å². The molecule has 1 aromatic rings. The molecule has 4 nitrogen and oxygen atoms in total. The Morgan fingerprint density at radius 3 is 2.71 bits per heavy atom. The van der Waals surface area contributed by atoms with Crippen LogP contribution in [0.3, 0.4) is 0 Å². The van der Waals surface area contributed by atoms with E-state index in [0.29, 0.717) is 24.7 Å². The Labute approximate surface area is 100 Å². The Morgan fingerprint density at radius 2 is 2.00 bits per heavy atom. The summed E-state index contributed by atoms with van der Waals surface area (Å²) in [6.07, 6.45) is 1.48. The first-order valence-electron chi connectivity index (χ1n) is 5.73. The molecule has 0 aliphatic carbocycles. The van der Waals surface area contributed by atoms with Crippen molar-refractivity contribution < 1.29 is 19.0 Å². The second-order valence-corrected chi connectivity index (χ2v) is 3.99. The predicted molar refractivity (Wildman–Crippen MR) is 62.2 cm³/mol. The summed E-state index contributed by atoms with van der Waals surface area (Å²) >= 11 is 0. The summed E-state index contributed by atoms with van der Waals surface area (Å²) in [7, 11) is 1.58. The summed E-state index contributed by atoms with van der Waals surface area (Å²) in [4.78, 5) is 11.8. The number of carbonyl (C=O) groups excluding carboxylic acids is 1. The molecule has 0 spiro atoms. The minimum atomic E-state index is -0.179. The van der Waals surface area contributed by atoms with Crippen molar-refractivity contribution in [2.24, 2.45) is 5.92 Å². The van der Waals surface area contributed by atoms with Crippen LogP contribution in [-0.2, 0) is 9.53 Å². The van der Waals surface area contributed by atoms with Crippen LogP contribution >= 0.6 is 0 Å². The minimum absolute atomic E-state index is 0.0463. The Bertz CT molecular complexity index is 383. The zero-order valence-electron chi connectivity index (χ0n) is 9.85. The number of hydrogen-bond acceptors (Lipinski definition) is 4. The van der Waals surface area contributed by atoms with Crippen LogP contribution in [0.1, 0.15) is 12.8 Å². The van der Waals surface area contributed by atoms with Gasteiger partial charge in [0.05, 0.1) is 13.0 Å². The molecule has 0 bridgehead atoms. The van der Waals surface area contributed by atoms with Crippen molar-refractivity contribution in [1.82, 2.24) is 0 Å². The van der Waals surface area contributed by atoms with Gasteiger partial charge in [-0.3, -0.25) is 4.79 Å². The van der Waals surface area contributed by atoms with Gasteiger partial charge in [0.25, 0.3) is 0 Å². The maximum Gasteiger partial charge on any atom is 0.314 e. The lowest BCUT2D eigenvalue weighted by Gasteiger charge is -2.20. The van der Waals surface area contributed by atoms with Crippen LogP contribution < -0.4 is 9.47 Å². The third-order valence-electron chi connectivity index (χ3n) is 2.81. The third-order valence-corrected chi connectivity index (χ3v) is 2.81. The molecule has 1 aliphatic heterocycles. The van der Waals surface area contributed by atoms with E-state index in [1.54, 1.807) is 25.3 Å². The van der Waals surface area contributed by atoms with Crippen LogP contribution in [-0.4, -0.2) is 26.3 Å². The molecule has 1 aromatic carbocycles. The zero-order chi connectivity index (χ0) is 12.1. The topological polar surface area (TPSA) is 44.8 Å². The van der Waals surface area contributed by atoms with Crippen molar-refractivity contribution in [3.63, 3.8) is 0 Å². The van der Waals surface area contributed by atoms with E-state index in [9.17, 15) is 4.79 Å². The lowest BCUT2D eigenvalue weighted by molar-refractivity contribution is -0.141. The summed E-state index contributed by atoms with van der Waals surface area (Å²) in [5, 5.41) is 0. The number of esters is 1. The second kappa shape index (κ2) is 5.68. The van der Waals surface area contributed by atoms with Crippen molar-refractivity contribution in [2.75, 3.05) is 20.3 Å². The Hall–Kier alpha value is -1.55. The van der Waals surface area contributed by atoms with Crippen LogP contribution in [0.5, 0.6) is 11.5 Å². The first-order valence-corrected chi connectivity index (χ1v) is 5.73. The maximum absolute atomic E-state index is 11.8. The molecule has 0 aromatic heterocycles. The fourth-order valence-corrected chi connectivity index (χ4v) is 1.80.